The average molecular weight is 596 g/mol. The Hall–Kier alpha value is -4.08. The number of morpholine rings is 1. The largest absolute Gasteiger partial charge is 0.433 e. The van der Waals surface area contributed by atoms with Crippen LogP contribution in [0.1, 0.15) is 41.6 Å². The van der Waals surface area contributed by atoms with E-state index >= 15 is 0 Å². The summed E-state index contributed by atoms with van der Waals surface area (Å²) in [6.45, 7) is 3.52. The van der Waals surface area contributed by atoms with Crippen LogP contribution in [0.2, 0.25) is 0 Å². The molecule has 0 spiro atoms. The van der Waals surface area contributed by atoms with E-state index in [0.717, 1.165) is 59.9 Å². The van der Waals surface area contributed by atoms with Crippen LogP contribution < -0.4 is 0 Å². The van der Waals surface area contributed by atoms with Crippen LogP contribution in [0.15, 0.2) is 66.9 Å². The van der Waals surface area contributed by atoms with Crippen LogP contribution in [0.4, 0.5) is 13.2 Å². The van der Waals surface area contributed by atoms with E-state index in [-0.39, 0.29) is 0 Å². The summed E-state index contributed by atoms with van der Waals surface area (Å²) in [6, 6.07) is 20.6. The molecule has 224 valence electrons. The molecule has 5 heterocycles. The summed E-state index contributed by atoms with van der Waals surface area (Å²) < 4.78 is 45.6. The molecule has 5 aromatic rings. The molecule has 9 heteroatoms. The lowest BCUT2D eigenvalue weighted by atomic mass is 9.87. The van der Waals surface area contributed by atoms with Gasteiger partial charge in [-0.2, -0.15) is 18.3 Å². The number of pyridine rings is 2. The van der Waals surface area contributed by atoms with Crippen molar-refractivity contribution in [1.29, 1.82) is 0 Å². The molecule has 6 nitrogen and oxygen atoms in total. The highest BCUT2D eigenvalue weighted by molar-refractivity contribution is 5.93. The second-order valence-corrected chi connectivity index (χ2v) is 12.4. The Balaban J connectivity index is 1.06. The second kappa shape index (κ2) is 10.5. The van der Waals surface area contributed by atoms with E-state index in [1.807, 2.05) is 18.3 Å². The molecule has 1 unspecified atom stereocenters. The van der Waals surface area contributed by atoms with Gasteiger partial charge in [0, 0.05) is 46.4 Å². The maximum atomic E-state index is 13.3. The summed E-state index contributed by atoms with van der Waals surface area (Å²) in [7, 11) is 0. The van der Waals surface area contributed by atoms with E-state index in [9.17, 15) is 13.2 Å². The van der Waals surface area contributed by atoms with E-state index in [4.69, 9.17) is 4.74 Å². The van der Waals surface area contributed by atoms with Gasteiger partial charge < -0.3 is 4.74 Å². The van der Waals surface area contributed by atoms with Crippen LogP contribution in [0.5, 0.6) is 0 Å². The smallest absolute Gasteiger partial charge is 0.378 e. The third kappa shape index (κ3) is 4.79. The summed E-state index contributed by atoms with van der Waals surface area (Å²) in [5.74, 6) is 0. The Morgan fingerprint density at radius 2 is 1.50 bits per heavy atom. The molecule has 1 aliphatic carbocycles. The van der Waals surface area contributed by atoms with E-state index in [2.05, 4.69) is 49.3 Å². The number of alkyl halides is 3. The molecule has 2 fully saturated rings. The normalized spacial score (nSPS) is 22.0. The Morgan fingerprint density at radius 1 is 0.795 bits per heavy atom. The average Bonchev–Trinajstić information content (AvgIpc) is 3.35. The van der Waals surface area contributed by atoms with Crippen molar-refractivity contribution in [2.75, 3.05) is 13.2 Å². The fourth-order valence-electron chi connectivity index (χ4n) is 7.38. The minimum absolute atomic E-state index is 0.318. The van der Waals surface area contributed by atoms with Crippen molar-refractivity contribution in [2.45, 2.75) is 63.3 Å². The fourth-order valence-corrected chi connectivity index (χ4v) is 7.38. The Bertz CT molecular complexity index is 1850. The van der Waals surface area contributed by atoms with Gasteiger partial charge in [-0.1, -0.05) is 48.5 Å². The number of fused-ring (bicyclic) bond motifs is 4. The number of aromatic amines is 1. The van der Waals surface area contributed by atoms with Crippen LogP contribution in [-0.2, 0) is 23.8 Å². The summed E-state index contributed by atoms with van der Waals surface area (Å²) >= 11 is 0. The number of benzene rings is 2. The topological polar surface area (TPSA) is 66.9 Å². The van der Waals surface area contributed by atoms with Gasteiger partial charge in [0.25, 0.3) is 0 Å². The SMILES string of the molecule is Cc1ccc(C(F)(F)F)nc1-c1ccc(-c2n[nH]c3ncc(-c4ccc5c(c4)CC[C@@H](N4C6COC[C@H]4C6)CC5)cc23)cc1. The highest BCUT2D eigenvalue weighted by Crippen LogP contribution is 2.38. The van der Waals surface area contributed by atoms with E-state index in [1.165, 1.54) is 36.5 Å². The van der Waals surface area contributed by atoms with Crippen LogP contribution >= 0.6 is 0 Å². The van der Waals surface area contributed by atoms with Crippen molar-refractivity contribution in [3.05, 3.63) is 89.2 Å². The first kappa shape index (κ1) is 27.5. The summed E-state index contributed by atoms with van der Waals surface area (Å²) in [5, 5.41) is 8.47. The maximum Gasteiger partial charge on any atom is 0.433 e. The molecule has 2 aromatic carbocycles. The molecular formula is C35H32F3N5O. The number of hydrogen-bond donors (Lipinski definition) is 1. The van der Waals surface area contributed by atoms with Gasteiger partial charge in [-0.25, -0.2) is 9.97 Å². The molecule has 3 aromatic heterocycles. The first-order valence-electron chi connectivity index (χ1n) is 15.3. The number of nitrogens with one attached hydrogen (secondary N) is 1. The Labute approximate surface area is 253 Å². The third-order valence-corrected chi connectivity index (χ3v) is 9.70. The third-order valence-electron chi connectivity index (χ3n) is 9.70. The van der Waals surface area contributed by atoms with Crippen LogP contribution in [-0.4, -0.2) is 56.4 Å². The van der Waals surface area contributed by atoms with Crippen molar-refractivity contribution in [2.24, 2.45) is 0 Å². The number of aryl methyl sites for hydroxylation is 3. The highest BCUT2D eigenvalue weighted by atomic mass is 19.4. The second-order valence-electron chi connectivity index (χ2n) is 12.4. The number of aromatic nitrogens is 4. The lowest BCUT2D eigenvalue weighted by Gasteiger charge is -2.56. The fraction of sp³-hybridized carbons (Fsp3) is 0.343. The van der Waals surface area contributed by atoms with E-state index < -0.39 is 11.9 Å². The zero-order valence-corrected chi connectivity index (χ0v) is 24.4. The maximum absolute atomic E-state index is 13.3. The standard InChI is InChI=1S/C35H32F3N5O/c1-20-2-13-31(35(36,37)38)40-32(20)22-4-6-23(7-5-22)33-30-15-26(17-39-34(30)42-41-33)25-8-3-21-9-11-27(12-10-24(21)14-25)43-28-16-29(43)19-44-18-28/h2-8,13-15,17,27-29H,9-12,16,18-19H2,1H3,(H,39,41,42)/t27-,28+,29?/m0/s1. The summed E-state index contributed by atoms with van der Waals surface area (Å²) in [5.41, 5.74) is 8.03. The van der Waals surface area contributed by atoms with Crippen LogP contribution in [0.3, 0.4) is 0 Å². The lowest BCUT2D eigenvalue weighted by molar-refractivity contribution is -0.148. The molecule has 0 radical (unpaired) electrons. The highest BCUT2D eigenvalue weighted by Gasteiger charge is 2.45. The summed E-state index contributed by atoms with van der Waals surface area (Å²) in [4.78, 5) is 11.3. The Morgan fingerprint density at radius 3 is 2.23 bits per heavy atom. The Kier molecular flexibility index (Phi) is 6.57. The molecule has 2 bridgehead atoms. The number of halogens is 3. The zero-order valence-electron chi connectivity index (χ0n) is 24.4. The molecule has 2 saturated heterocycles. The monoisotopic (exact) mass is 595 g/mol. The van der Waals surface area contributed by atoms with Gasteiger partial charge in [0.15, 0.2) is 5.65 Å². The lowest BCUT2D eigenvalue weighted by Crippen LogP contribution is -2.66. The number of rotatable bonds is 4. The van der Waals surface area contributed by atoms with Crippen molar-refractivity contribution in [1.82, 2.24) is 25.1 Å². The van der Waals surface area contributed by atoms with Crippen LogP contribution in [0.25, 0.3) is 44.7 Å². The number of ether oxygens (including phenoxy) is 1. The van der Waals surface area contributed by atoms with Gasteiger partial charge in [0.1, 0.15) is 11.4 Å². The van der Waals surface area contributed by atoms with Crippen LogP contribution in [0, 0.1) is 6.92 Å². The van der Waals surface area contributed by atoms with Crippen molar-refractivity contribution in [3.8, 4) is 33.6 Å². The van der Waals surface area contributed by atoms with Gasteiger partial charge in [0.05, 0.1) is 18.9 Å². The van der Waals surface area contributed by atoms with E-state index in [0.29, 0.717) is 40.6 Å². The molecule has 0 saturated carbocycles. The molecule has 2 aliphatic heterocycles. The quantitative estimate of drug-likeness (QED) is 0.219. The van der Waals surface area contributed by atoms with Gasteiger partial charge in [0.2, 0.25) is 0 Å². The molecule has 3 atom stereocenters. The number of H-pyrrole nitrogens is 1. The molecule has 0 amide bonds. The molecule has 8 rings (SSSR count). The molecular weight excluding hydrogens is 563 g/mol. The first-order valence-corrected chi connectivity index (χ1v) is 15.3. The minimum Gasteiger partial charge on any atom is -0.378 e. The number of nitrogens with zero attached hydrogens (tertiary/aromatic N) is 4. The van der Waals surface area contributed by atoms with Gasteiger partial charge in [-0.05, 0) is 73.4 Å². The summed E-state index contributed by atoms with van der Waals surface area (Å²) in [6.07, 6.45) is 3.24. The molecule has 44 heavy (non-hydrogen) atoms. The molecule has 1 N–H and O–H groups in total. The number of hydrogen-bond acceptors (Lipinski definition) is 5. The van der Waals surface area contributed by atoms with Gasteiger partial charge in [-0.3, -0.25) is 10.00 Å². The predicted molar refractivity (Wildman–Crippen MR) is 163 cm³/mol. The van der Waals surface area contributed by atoms with Crippen molar-refractivity contribution in [3.63, 3.8) is 0 Å². The zero-order chi connectivity index (χ0) is 30.0. The van der Waals surface area contributed by atoms with Gasteiger partial charge in [-0.15, -0.1) is 0 Å². The predicted octanol–water partition coefficient (Wildman–Crippen LogP) is 7.40. The first-order chi connectivity index (χ1) is 21.3. The van der Waals surface area contributed by atoms with Crippen molar-refractivity contribution >= 4 is 11.0 Å². The van der Waals surface area contributed by atoms with Crippen molar-refractivity contribution < 1.29 is 17.9 Å². The van der Waals surface area contributed by atoms with Gasteiger partial charge >= 0.3 is 6.18 Å². The molecule has 3 aliphatic rings. The van der Waals surface area contributed by atoms with E-state index in [1.54, 1.807) is 19.1 Å². The minimum atomic E-state index is -4.50.